The summed E-state index contributed by atoms with van der Waals surface area (Å²) in [6.07, 6.45) is 6.49. The van der Waals surface area contributed by atoms with Gasteiger partial charge in [-0.05, 0) is 107 Å². The Morgan fingerprint density at radius 3 is 2.14 bits per heavy atom. The van der Waals surface area contributed by atoms with Crippen LogP contribution in [0.2, 0.25) is 19.6 Å². The average Bonchev–Trinajstić information content (AvgIpc) is 3.81. The van der Waals surface area contributed by atoms with E-state index in [1.165, 1.54) is 94.2 Å². The van der Waals surface area contributed by atoms with Crippen molar-refractivity contribution in [3.63, 3.8) is 0 Å². The molecule has 0 spiro atoms. The first kappa shape index (κ1) is 40.7. The molecule has 2 aliphatic heterocycles. The molecule has 7 aromatic carbocycles. The molecule has 10 aromatic rings. The van der Waals surface area contributed by atoms with Crippen molar-refractivity contribution in [2.75, 3.05) is 0 Å². The van der Waals surface area contributed by atoms with Crippen molar-refractivity contribution < 1.29 is 9.13 Å². The van der Waals surface area contributed by atoms with Gasteiger partial charge in [-0.3, -0.25) is 0 Å². The molecule has 66 heavy (non-hydrogen) atoms. The Labute approximate surface area is 389 Å². The predicted molar refractivity (Wildman–Crippen MR) is 279 cm³/mol. The molecule has 12 rings (SSSR count). The number of hydrogen-bond acceptors (Lipinski definition) is 0. The van der Waals surface area contributed by atoms with Crippen molar-refractivity contribution in [2.24, 2.45) is 5.92 Å². The molecule has 0 amide bonds. The van der Waals surface area contributed by atoms with Gasteiger partial charge < -0.3 is 4.57 Å². The molecule has 2 unspecified atom stereocenters. The molecule has 5 heterocycles. The summed E-state index contributed by atoms with van der Waals surface area (Å²) in [7, 11) is -1.74. The van der Waals surface area contributed by atoms with Crippen LogP contribution < -0.4 is 14.3 Å². The van der Waals surface area contributed by atoms with Gasteiger partial charge in [0.25, 0.3) is 5.82 Å². The van der Waals surface area contributed by atoms with Gasteiger partial charge >= 0.3 is 0 Å². The molecular formula is C61H58N4Si+2. The van der Waals surface area contributed by atoms with Gasteiger partial charge in [-0.2, -0.15) is 9.13 Å². The number of pyridine rings is 1. The summed E-state index contributed by atoms with van der Waals surface area (Å²) in [4.78, 5) is 0. The predicted octanol–water partition coefficient (Wildman–Crippen LogP) is 13.7. The fourth-order valence-electron chi connectivity index (χ4n) is 11.9. The number of aryl methyl sites for hydroxylation is 1. The van der Waals surface area contributed by atoms with E-state index in [4.69, 9.17) is 6.58 Å². The first-order valence-corrected chi connectivity index (χ1v) is 27.6. The zero-order chi connectivity index (χ0) is 44.8. The third-order valence-corrected chi connectivity index (χ3v) is 16.8. The highest BCUT2D eigenvalue weighted by Crippen LogP contribution is 2.47. The normalized spacial score (nSPS) is 16.1. The molecular weight excluding hydrogens is 817 g/mol. The molecule has 0 bridgehead atoms. The Balaban J connectivity index is 1.18. The van der Waals surface area contributed by atoms with Crippen LogP contribution in [0.4, 0.5) is 0 Å². The molecule has 2 atom stereocenters. The smallest absolute Gasteiger partial charge is 0.295 e. The minimum atomic E-state index is -1.74. The van der Waals surface area contributed by atoms with Crippen LogP contribution in [0.1, 0.15) is 60.9 Å². The Bertz CT molecular complexity index is 3550. The van der Waals surface area contributed by atoms with E-state index in [0.717, 1.165) is 37.9 Å². The number of hydrogen-bond donors (Lipinski definition) is 0. The zero-order valence-electron chi connectivity index (χ0n) is 38.9. The summed E-state index contributed by atoms with van der Waals surface area (Å²) in [6, 6.07) is 61.9. The number of nitrogens with zero attached hydrogens (tertiary/aromatic N) is 4. The van der Waals surface area contributed by atoms with Crippen molar-refractivity contribution in [2.45, 2.75) is 77.7 Å². The van der Waals surface area contributed by atoms with Crippen molar-refractivity contribution in [3.05, 3.63) is 199 Å². The van der Waals surface area contributed by atoms with Gasteiger partial charge in [0, 0.05) is 39.2 Å². The second kappa shape index (κ2) is 15.7. The summed E-state index contributed by atoms with van der Waals surface area (Å²) in [5.74, 6) is 2.07. The van der Waals surface area contributed by atoms with Crippen LogP contribution in [0.3, 0.4) is 0 Å². The Kier molecular flexibility index (Phi) is 9.65. The summed E-state index contributed by atoms with van der Waals surface area (Å²) in [6.45, 7) is 18.3. The summed E-state index contributed by atoms with van der Waals surface area (Å²) < 4.78 is 10.4. The van der Waals surface area contributed by atoms with E-state index in [-0.39, 0.29) is 12.0 Å². The number of para-hydroxylation sites is 2. The third-order valence-electron chi connectivity index (χ3n) is 14.8. The average molecular weight is 875 g/mol. The first-order chi connectivity index (χ1) is 32.1. The van der Waals surface area contributed by atoms with E-state index >= 15 is 0 Å². The number of fused-ring (bicyclic) bond motifs is 15. The van der Waals surface area contributed by atoms with Crippen LogP contribution in [0.15, 0.2) is 177 Å². The quantitative estimate of drug-likeness (QED) is 0.117. The minimum Gasteiger partial charge on any atom is -0.309 e. The molecule has 0 saturated carbocycles. The second-order valence-electron chi connectivity index (χ2n) is 20.6. The van der Waals surface area contributed by atoms with Crippen LogP contribution in [0.25, 0.3) is 77.6 Å². The number of rotatable bonds is 6. The molecule has 0 aliphatic carbocycles. The van der Waals surface area contributed by atoms with E-state index in [1.807, 2.05) is 0 Å². The lowest BCUT2D eigenvalue weighted by Gasteiger charge is -2.33. The van der Waals surface area contributed by atoms with E-state index < -0.39 is 8.07 Å². The Hall–Kier alpha value is -6.82. The molecule has 5 heteroatoms. The van der Waals surface area contributed by atoms with Crippen molar-refractivity contribution in [3.8, 4) is 28.3 Å². The SMILES string of the molecule is C=C1CC2C(CCc3cc4c(cc3-c3n1c1cc5ccccc5cc1[n+]3Cc1ccccc1)c1ccccc1n4-c1ccccc1)c1ccccc1-c1cc(CC(C)C)c([Si](C)(C)C)c[n+]12. The monoisotopic (exact) mass is 874 g/mol. The van der Waals surface area contributed by atoms with E-state index in [1.54, 1.807) is 5.19 Å². The fraction of sp³-hybridized carbons (Fsp3) is 0.213. The maximum atomic E-state index is 5.20. The highest BCUT2D eigenvalue weighted by Gasteiger charge is 2.44. The second-order valence-corrected chi connectivity index (χ2v) is 25.6. The maximum absolute atomic E-state index is 5.20. The van der Waals surface area contributed by atoms with Crippen molar-refractivity contribution in [1.29, 1.82) is 0 Å². The minimum absolute atomic E-state index is 0.181. The Morgan fingerprint density at radius 2 is 1.36 bits per heavy atom. The summed E-state index contributed by atoms with van der Waals surface area (Å²) >= 11 is 0. The lowest BCUT2D eigenvalue weighted by Crippen LogP contribution is -2.54. The molecule has 3 aromatic heterocycles. The van der Waals surface area contributed by atoms with Gasteiger partial charge in [0.05, 0.1) is 31.1 Å². The van der Waals surface area contributed by atoms with E-state index in [9.17, 15) is 0 Å². The number of benzene rings is 7. The third kappa shape index (κ3) is 6.61. The molecule has 4 nitrogen and oxygen atoms in total. The van der Waals surface area contributed by atoms with Crippen LogP contribution in [0.5, 0.6) is 0 Å². The van der Waals surface area contributed by atoms with Gasteiger partial charge in [-0.15, -0.1) is 0 Å². The van der Waals surface area contributed by atoms with Gasteiger partial charge in [-0.25, -0.2) is 4.57 Å². The lowest BCUT2D eigenvalue weighted by atomic mass is 9.77. The summed E-state index contributed by atoms with van der Waals surface area (Å²) in [5, 5.41) is 6.61. The number of imidazole rings is 1. The van der Waals surface area contributed by atoms with Crippen molar-refractivity contribution in [1.82, 2.24) is 9.13 Å². The van der Waals surface area contributed by atoms with Gasteiger partial charge in [0.2, 0.25) is 5.69 Å². The molecule has 0 fully saturated rings. The highest BCUT2D eigenvalue weighted by atomic mass is 28.3. The first-order valence-electron chi connectivity index (χ1n) is 24.1. The van der Waals surface area contributed by atoms with E-state index in [0.29, 0.717) is 5.92 Å². The van der Waals surface area contributed by atoms with Gasteiger partial charge in [0.15, 0.2) is 23.3 Å². The molecule has 0 N–H and O–H groups in total. The highest BCUT2D eigenvalue weighted by molar-refractivity contribution is 6.89. The fourth-order valence-corrected chi connectivity index (χ4v) is 13.5. The van der Waals surface area contributed by atoms with Crippen LogP contribution in [0, 0.1) is 5.92 Å². The molecule has 0 radical (unpaired) electrons. The van der Waals surface area contributed by atoms with Crippen molar-refractivity contribution >= 4 is 62.6 Å². The largest absolute Gasteiger partial charge is 0.309 e. The Morgan fingerprint density at radius 1 is 0.667 bits per heavy atom. The van der Waals surface area contributed by atoms with Crippen LogP contribution in [-0.2, 0) is 19.4 Å². The zero-order valence-corrected chi connectivity index (χ0v) is 39.9. The van der Waals surface area contributed by atoms with Gasteiger partial charge in [-0.1, -0.05) is 149 Å². The van der Waals surface area contributed by atoms with Crippen LogP contribution in [-0.4, -0.2) is 17.2 Å². The standard InChI is InChI=1S/C61H58N4Si/c1-40(2)31-46-36-56-49-26-16-15-25-48(49)51-30-29-45-35-57-53(50-27-17-18-28-54(50)65(57)47-23-11-8-12-24-47)37-52(45)61-63(38-42-19-9-7-10-20-42)58-33-43-21-13-14-22-44(43)34-59(58)64(61)41(3)32-55(51)62(56)39-60(46)66(4,5)6/h7-28,33-37,39-40,51,55H,3,29-32,38H2,1-2,4-6H3/q+2. The molecule has 324 valence electrons. The molecule has 2 aliphatic rings. The van der Waals surface area contributed by atoms with Gasteiger partial charge in [0.1, 0.15) is 12.2 Å². The lowest BCUT2D eigenvalue weighted by molar-refractivity contribution is -0.716. The van der Waals surface area contributed by atoms with E-state index in [2.05, 4.69) is 222 Å². The topological polar surface area (TPSA) is 17.6 Å². The maximum Gasteiger partial charge on any atom is 0.295 e. The number of allylic oxidation sites excluding steroid dienone is 1. The van der Waals surface area contributed by atoms with Crippen LogP contribution >= 0.6 is 0 Å². The molecule has 0 saturated heterocycles. The number of aromatic nitrogens is 4. The summed E-state index contributed by atoms with van der Waals surface area (Å²) in [5.41, 5.74) is 16.9.